The van der Waals surface area contributed by atoms with Gasteiger partial charge in [-0.25, -0.2) is 0 Å². The number of H-pyrrole nitrogens is 2. The summed E-state index contributed by atoms with van der Waals surface area (Å²) in [5.41, 5.74) is 8.51. The van der Waals surface area contributed by atoms with Gasteiger partial charge in [-0.05, 0) is 30.9 Å². The highest BCUT2D eigenvalue weighted by Gasteiger charge is 2.10. The van der Waals surface area contributed by atoms with Gasteiger partial charge in [0.2, 0.25) is 5.95 Å². The monoisotopic (exact) mass is 326 g/mol. The van der Waals surface area contributed by atoms with Crippen LogP contribution < -0.4 is 11.3 Å². The lowest BCUT2D eigenvalue weighted by molar-refractivity contribution is 0.101. The average Bonchev–Trinajstić information content (AvgIpc) is 2.98. The van der Waals surface area contributed by atoms with Crippen molar-refractivity contribution in [3.05, 3.63) is 57.5 Å². The van der Waals surface area contributed by atoms with Gasteiger partial charge in [0.05, 0.1) is 5.39 Å². The molecular weight excluding hydrogens is 304 g/mol. The zero-order valence-corrected chi connectivity index (χ0v) is 14.1. The summed E-state index contributed by atoms with van der Waals surface area (Å²) in [6, 6.07) is 7.52. The molecular formula is C18H22N4O2. The molecule has 126 valence electrons. The highest BCUT2D eigenvalue weighted by atomic mass is 16.1. The predicted octanol–water partition coefficient (Wildman–Crippen LogP) is 2.85. The molecule has 0 aliphatic rings. The third-order valence-corrected chi connectivity index (χ3v) is 3.69. The zero-order valence-electron chi connectivity index (χ0n) is 14.1. The largest absolute Gasteiger partial charge is 0.369 e. The maximum absolute atomic E-state index is 12.0. The number of nitrogens with two attached hydrogens (primary N) is 1. The number of anilines is 1. The lowest BCUT2D eigenvalue weighted by Gasteiger charge is -2.02. The van der Waals surface area contributed by atoms with E-state index in [1.807, 2.05) is 38.1 Å². The van der Waals surface area contributed by atoms with Gasteiger partial charge in [0, 0.05) is 11.8 Å². The molecule has 2 aromatic heterocycles. The number of nitrogens with one attached hydrogen (secondary N) is 2. The Balaban J connectivity index is 0.00000100. The first-order chi connectivity index (χ1) is 11.5. The summed E-state index contributed by atoms with van der Waals surface area (Å²) >= 11 is 0. The van der Waals surface area contributed by atoms with Gasteiger partial charge in [0.1, 0.15) is 5.65 Å². The van der Waals surface area contributed by atoms with E-state index in [1.54, 1.807) is 13.1 Å². The number of fused-ring (bicyclic) bond motifs is 1. The second kappa shape index (κ2) is 7.59. The number of benzene rings is 1. The minimum absolute atomic E-state index is 0.0541. The molecule has 0 aliphatic heterocycles. The fraction of sp³-hybridized carbons (Fsp3) is 0.278. The maximum Gasteiger partial charge on any atom is 0.262 e. The predicted molar refractivity (Wildman–Crippen MR) is 96.3 cm³/mol. The van der Waals surface area contributed by atoms with Gasteiger partial charge in [0.15, 0.2) is 5.78 Å². The smallest absolute Gasteiger partial charge is 0.262 e. The van der Waals surface area contributed by atoms with Gasteiger partial charge >= 0.3 is 0 Å². The summed E-state index contributed by atoms with van der Waals surface area (Å²) in [7, 11) is 0. The Morgan fingerprint density at radius 3 is 2.46 bits per heavy atom. The number of rotatable bonds is 4. The maximum atomic E-state index is 12.0. The van der Waals surface area contributed by atoms with E-state index in [0.29, 0.717) is 23.0 Å². The van der Waals surface area contributed by atoms with Crippen molar-refractivity contribution in [2.75, 3.05) is 5.73 Å². The van der Waals surface area contributed by atoms with E-state index in [1.165, 1.54) is 0 Å². The van der Waals surface area contributed by atoms with Crippen LogP contribution in [-0.2, 0) is 12.8 Å². The summed E-state index contributed by atoms with van der Waals surface area (Å²) in [5, 5.41) is 0.551. The number of carbonyl (C=O) groups is 1. The van der Waals surface area contributed by atoms with Crippen molar-refractivity contribution in [3.8, 4) is 0 Å². The number of Topliss-reactive ketones (excluding diaryl/α,β-unsaturated/α-hetero) is 1. The first kappa shape index (κ1) is 17.5. The highest BCUT2D eigenvalue weighted by Crippen LogP contribution is 2.16. The van der Waals surface area contributed by atoms with E-state index in [0.717, 1.165) is 17.5 Å². The number of ketones is 1. The van der Waals surface area contributed by atoms with E-state index < -0.39 is 0 Å². The van der Waals surface area contributed by atoms with Crippen LogP contribution in [0.2, 0.25) is 0 Å². The number of hydrogen-bond donors (Lipinski definition) is 3. The number of aryl methyl sites for hydroxylation is 2. The van der Waals surface area contributed by atoms with Crippen LogP contribution in [0.15, 0.2) is 35.3 Å². The SMILES string of the molecule is CC.CC(=O)c1ccc(CCc2c[nH]c3nc(N)[nH]c(=O)c23)cc1. The number of aromatic nitrogens is 3. The van der Waals surface area contributed by atoms with Gasteiger partial charge in [-0.15, -0.1) is 0 Å². The molecule has 6 nitrogen and oxygen atoms in total. The third kappa shape index (κ3) is 3.71. The molecule has 24 heavy (non-hydrogen) atoms. The van der Waals surface area contributed by atoms with Gasteiger partial charge in [-0.3, -0.25) is 14.6 Å². The van der Waals surface area contributed by atoms with Crippen molar-refractivity contribution in [2.45, 2.75) is 33.6 Å². The molecule has 3 rings (SSSR count). The Bertz CT molecular complexity index is 892. The summed E-state index contributed by atoms with van der Waals surface area (Å²) in [6.45, 7) is 5.55. The van der Waals surface area contributed by atoms with E-state index in [-0.39, 0.29) is 17.3 Å². The first-order valence-electron chi connectivity index (χ1n) is 8.00. The Labute approximate surface area is 140 Å². The quantitative estimate of drug-likeness (QED) is 0.641. The molecule has 0 aliphatic carbocycles. The molecule has 0 unspecified atom stereocenters. The van der Waals surface area contributed by atoms with E-state index in [9.17, 15) is 9.59 Å². The fourth-order valence-electron chi connectivity index (χ4n) is 2.50. The molecule has 1 aromatic carbocycles. The molecule has 0 spiro atoms. The summed E-state index contributed by atoms with van der Waals surface area (Å²) in [5.74, 6) is 0.157. The molecule has 3 aromatic rings. The average molecular weight is 326 g/mol. The van der Waals surface area contributed by atoms with Crippen molar-refractivity contribution in [2.24, 2.45) is 0 Å². The van der Waals surface area contributed by atoms with Gasteiger partial charge < -0.3 is 10.7 Å². The first-order valence-corrected chi connectivity index (χ1v) is 8.00. The molecule has 0 bridgehead atoms. The van der Waals surface area contributed by atoms with Crippen LogP contribution in [0.4, 0.5) is 5.95 Å². The molecule has 0 radical (unpaired) electrons. The molecule has 6 heteroatoms. The van der Waals surface area contributed by atoms with Crippen molar-refractivity contribution < 1.29 is 4.79 Å². The van der Waals surface area contributed by atoms with Crippen LogP contribution in [0.3, 0.4) is 0 Å². The Hall–Kier alpha value is -2.89. The number of aromatic amines is 2. The third-order valence-electron chi connectivity index (χ3n) is 3.69. The fourth-order valence-corrected chi connectivity index (χ4v) is 2.50. The number of hydrogen-bond acceptors (Lipinski definition) is 4. The van der Waals surface area contributed by atoms with Gasteiger partial charge in [-0.1, -0.05) is 38.1 Å². The highest BCUT2D eigenvalue weighted by molar-refractivity contribution is 5.94. The molecule has 0 saturated carbocycles. The lowest BCUT2D eigenvalue weighted by atomic mass is 10.0. The summed E-state index contributed by atoms with van der Waals surface area (Å²) < 4.78 is 0. The van der Waals surface area contributed by atoms with Crippen LogP contribution in [0, 0.1) is 0 Å². The number of nitrogen functional groups attached to an aromatic ring is 1. The van der Waals surface area contributed by atoms with Crippen molar-refractivity contribution in [3.63, 3.8) is 0 Å². The van der Waals surface area contributed by atoms with Gasteiger partial charge in [-0.2, -0.15) is 4.98 Å². The second-order valence-electron chi connectivity index (χ2n) is 5.24. The minimum Gasteiger partial charge on any atom is -0.369 e. The van der Waals surface area contributed by atoms with Crippen molar-refractivity contribution >= 4 is 22.8 Å². The normalized spacial score (nSPS) is 10.3. The van der Waals surface area contributed by atoms with Crippen molar-refractivity contribution in [1.29, 1.82) is 0 Å². The Morgan fingerprint density at radius 2 is 1.83 bits per heavy atom. The Kier molecular flexibility index (Phi) is 5.52. The van der Waals surface area contributed by atoms with Crippen LogP contribution in [-0.4, -0.2) is 20.7 Å². The molecule has 0 amide bonds. The Morgan fingerprint density at radius 1 is 1.17 bits per heavy atom. The molecule has 0 saturated heterocycles. The molecule has 0 atom stereocenters. The minimum atomic E-state index is -0.231. The van der Waals surface area contributed by atoms with E-state index in [4.69, 9.17) is 5.73 Å². The summed E-state index contributed by atoms with van der Waals surface area (Å²) in [4.78, 5) is 32.8. The van der Waals surface area contributed by atoms with Crippen LogP contribution in [0.1, 0.15) is 42.3 Å². The van der Waals surface area contributed by atoms with Crippen LogP contribution >= 0.6 is 0 Å². The summed E-state index contributed by atoms with van der Waals surface area (Å²) in [6.07, 6.45) is 3.26. The number of carbonyl (C=O) groups excluding carboxylic acids is 1. The van der Waals surface area contributed by atoms with E-state index >= 15 is 0 Å². The molecule has 4 N–H and O–H groups in total. The zero-order chi connectivity index (χ0) is 17.7. The second-order valence-corrected chi connectivity index (χ2v) is 5.24. The van der Waals surface area contributed by atoms with Crippen molar-refractivity contribution in [1.82, 2.24) is 15.0 Å². The standard InChI is InChI=1S/C16H16N4O2.C2H6/c1-9(21)11-5-2-10(3-6-11)4-7-12-8-18-14-13(12)15(22)20-16(17)19-14;1-2/h2-3,5-6,8H,4,7H2,1H3,(H4,17,18,19,20,22);1-2H3. The topological polar surface area (TPSA) is 105 Å². The van der Waals surface area contributed by atoms with Crippen LogP contribution in [0.5, 0.6) is 0 Å². The van der Waals surface area contributed by atoms with E-state index in [2.05, 4.69) is 15.0 Å². The van der Waals surface area contributed by atoms with Crippen LogP contribution in [0.25, 0.3) is 11.0 Å². The molecule has 2 heterocycles. The lowest BCUT2D eigenvalue weighted by Crippen LogP contribution is -2.11. The molecule has 0 fully saturated rings. The number of nitrogens with zero attached hydrogens (tertiary/aromatic N) is 1. The van der Waals surface area contributed by atoms with Gasteiger partial charge in [0.25, 0.3) is 5.56 Å².